The fraction of sp³-hybridized carbons (Fsp3) is 0.476. The van der Waals surface area contributed by atoms with Crippen molar-refractivity contribution in [2.24, 2.45) is 5.73 Å². The molecule has 0 aromatic heterocycles. The molecule has 1 fully saturated rings. The third-order valence-corrected chi connectivity index (χ3v) is 4.95. The number of para-hydroxylation sites is 1. The average Bonchev–Trinajstić information content (AvgIpc) is 3.01. The highest BCUT2D eigenvalue weighted by Crippen LogP contribution is 2.17. The third-order valence-electron chi connectivity index (χ3n) is 4.95. The molecule has 0 saturated carbocycles. The SMILES string of the molecule is CCOC1OC(=O)CC1NC(=O)CN1CC(CNc2ccccc2)=CCC(N)C1=O. The molecule has 2 aliphatic heterocycles. The molecular formula is C21H28N4O5. The topological polar surface area (TPSA) is 123 Å². The fourth-order valence-electron chi connectivity index (χ4n) is 3.44. The molecule has 0 bridgehead atoms. The van der Waals surface area contributed by atoms with E-state index in [2.05, 4.69) is 10.6 Å². The molecule has 2 heterocycles. The van der Waals surface area contributed by atoms with Crippen LogP contribution in [0.25, 0.3) is 0 Å². The zero-order valence-electron chi connectivity index (χ0n) is 17.0. The van der Waals surface area contributed by atoms with Gasteiger partial charge >= 0.3 is 5.97 Å². The minimum atomic E-state index is -0.806. The van der Waals surface area contributed by atoms with E-state index in [0.29, 0.717) is 26.1 Å². The van der Waals surface area contributed by atoms with Gasteiger partial charge < -0.3 is 30.7 Å². The van der Waals surface area contributed by atoms with Gasteiger partial charge in [0, 0.05) is 25.4 Å². The maximum absolute atomic E-state index is 12.6. The lowest BCUT2D eigenvalue weighted by molar-refractivity contribution is -0.164. The van der Waals surface area contributed by atoms with Crippen LogP contribution in [0, 0.1) is 0 Å². The number of hydrogen-bond acceptors (Lipinski definition) is 7. The fourth-order valence-corrected chi connectivity index (χ4v) is 3.44. The zero-order valence-corrected chi connectivity index (χ0v) is 17.0. The van der Waals surface area contributed by atoms with Gasteiger partial charge in [-0.15, -0.1) is 0 Å². The predicted octanol–water partition coefficient (Wildman–Crippen LogP) is 0.379. The summed E-state index contributed by atoms with van der Waals surface area (Å²) in [4.78, 5) is 38.2. The van der Waals surface area contributed by atoms with Gasteiger partial charge in [-0.05, 0) is 31.1 Å². The number of carbonyl (C=O) groups is 3. The maximum atomic E-state index is 12.6. The van der Waals surface area contributed by atoms with Gasteiger partial charge in [-0.3, -0.25) is 14.4 Å². The van der Waals surface area contributed by atoms with Crippen molar-refractivity contribution in [3.05, 3.63) is 42.0 Å². The van der Waals surface area contributed by atoms with E-state index in [-0.39, 0.29) is 24.8 Å². The Morgan fingerprint density at radius 1 is 1.30 bits per heavy atom. The first-order valence-corrected chi connectivity index (χ1v) is 10.1. The van der Waals surface area contributed by atoms with Crippen molar-refractivity contribution < 1.29 is 23.9 Å². The maximum Gasteiger partial charge on any atom is 0.310 e. The molecule has 0 aliphatic carbocycles. The lowest BCUT2D eigenvalue weighted by atomic mass is 10.1. The van der Waals surface area contributed by atoms with Crippen LogP contribution < -0.4 is 16.4 Å². The Kier molecular flexibility index (Phi) is 7.42. The summed E-state index contributed by atoms with van der Waals surface area (Å²) in [7, 11) is 0. The van der Waals surface area contributed by atoms with Crippen LogP contribution in [-0.4, -0.2) is 67.3 Å². The molecule has 3 atom stereocenters. The normalized spacial score (nSPS) is 24.1. The van der Waals surface area contributed by atoms with Gasteiger partial charge in [-0.25, -0.2) is 0 Å². The van der Waals surface area contributed by atoms with Crippen molar-refractivity contribution in [3.63, 3.8) is 0 Å². The summed E-state index contributed by atoms with van der Waals surface area (Å²) in [6, 6.07) is 8.46. The number of nitrogens with two attached hydrogens (primary N) is 1. The molecule has 1 aromatic rings. The lowest BCUT2D eigenvalue weighted by Gasteiger charge is -2.25. The monoisotopic (exact) mass is 416 g/mol. The van der Waals surface area contributed by atoms with E-state index >= 15 is 0 Å². The standard InChI is InChI=1S/C21H28N4O5/c1-2-29-21-17(10-19(27)30-21)24-18(26)13-25-12-14(8-9-16(22)20(25)28)11-23-15-6-4-3-5-7-15/h3-8,16-17,21,23H,2,9-13,22H2,1H3,(H,24,26). The van der Waals surface area contributed by atoms with Crippen molar-refractivity contribution in [2.45, 2.75) is 38.1 Å². The predicted molar refractivity (Wildman–Crippen MR) is 110 cm³/mol. The van der Waals surface area contributed by atoms with E-state index in [4.69, 9.17) is 15.2 Å². The molecule has 1 saturated heterocycles. The number of nitrogens with zero attached hydrogens (tertiary/aromatic N) is 1. The second-order valence-electron chi connectivity index (χ2n) is 7.31. The number of anilines is 1. The highest BCUT2D eigenvalue weighted by molar-refractivity contribution is 5.88. The van der Waals surface area contributed by atoms with Crippen molar-refractivity contribution >= 4 is 23.5 Å². The summed E-state index contributed by atoms with van der Waals surface area (Å²) in [5.41, 5.74) is 7.92. The van der Waals surface area contributed by atoms with E-state index < -0.39 is 24.3 Å². The molecule has 30 heavy (non-hydrogen) atoms. The number of amides is 2. The number of hydrogen-bond donors (Lipinski definition) is 3. The minimum Gasteiger partial charge on any atom is -0.433 e. The first-order chi connectivity index (χ1) is 14.5. The Hall–Kier alpha value is -2.91. The highest BCUT2D eigenvalue weighted by atomic mass is 16.7. The van der Waals surface area contributed by atoms with Gasteiger partial charge in [0.05, 0.1) is 19.0 Å². The van der Waals surface area contributed by atoms with Gasteiger partial charge in [-0.1, -0.05) is 24.3 Å². The number of esters is 1. The summed E-state index contributed by atoms with van der Waals surface area (Å²) < 4.78 is 10.4. The van der Waals surface area contributed by atoms with Gasteiger partial charge in [0.25, 0.3) is 0 Å². The summed E-state index contributed by atoms with van der Waals surface area (Å²) in [6.07, 6.45) is 1.60. The van der Waals surface area contributed by atoms with Crippen LogP contribution in [0.1, 0.15) is 19.8 Å². The van der Waals surface area contributed by atoms with E-state index in [1.807, 2.05) is 36.4 Å². The summed E-state index contributed by atoms with van der Waals surface area (Å²) in [5.74, 6) is -1.10. The summed E-state index contributed by atoms with van der Waals surface area (Å²) in [6.45, 7) is 2.82. The third kappa shape index (κ3) is 5.80. The number of carbonyl (C=O) groups excluding carboxylic acids is 3. The molecule has 0 radical (unpaired) electrons. The number of cyclic esters (lactones) is 1. The van der Waals surface area contributed by atoms with Crippen molar-refractivity contribution in [1.29, 1.82) is 0 Å². The first-order valence-electron chi connectivity index (χ1n) is 10.1. The molecule has 3 rings (SSSR count). The van der Waals surface area contributed by atoms with Crippen LogP contribution >= 0.6 is 0 Å². The van der Waals surface area contributed by atoms with Gasteiger partial charge in [0.1, 0.15) is 6.04 Å². The van der Waals surface area contributed by atoms with Crippen molar-refractivity contribution in [3.8, 4) is 0 Å². The Balaban J connectivity index is 1.58. The van der Waals surface area contributed by atoms with Crippen molar-refractivity contribution in [2.75, 3.05) is 31.6 Å². The van der Waals surface area contributed by atoms with Crippen LogP contribution in [0.15, 0.2) is 42.0 Å². The lowest BCUT2D eigenvalue weighted by Crippen LogP contribution is -2.50. The average molecular weight is 416 g/mol. The summed E-state index contributed by atoms with van der Waals surface area (Å²) >= 11 is 0. The Morgan fingerprint density at radius 3 is 2.80 bits per heavy atom. The zero-order chi connectivity index (χ0) is 21.5. The van der Waals surface area contributed by atoms with Gasteiger partial charge in [0.15, 0.2) is 0 Å². The minimum absolute atomic E-state index is 0.0377. The van der Waals surface area contributed by atoms with Crippen LogP contribution in [0.3, 0.4) is 0 Å². The van der Waals surface area contributed by atoms with E-state index in [9.17, 15) is 14.4 Å². The molecule has 1 aromatic carbocycles. The van der Waals surface area contributed by atoms with Gasteiger partial charge in [0.2, 0.25) is 18.1 Å². The quantitative estimate of drug-likeness (QED) is 0.413. The number of rotatable bonds is 8. The number of nitrogens with one attached hydrogen (secondary N) is 2. The van der Waals surface area contributed by atoms with Crippen LogP contribution in [-0.2, 0) is 23.9 Å². The van der Waals surface area contributed by atoms with Crippen LogP contribution in [0.4, 0.5) is 5.69 Å². The smallest absolute Gasteiger partial charge is 0.310 e. The number of benzene rings is 1. The molecule has 9 nitrogen and oxygen atoms in total. The van der Waals surface area contributed by atoms with E-state index in [1.165, 1.54) is 4.90 Å². The Bertz CT molecular complexity index is 798. The summed E-state index contributed by atoms with van der Waals surface area (Å²) in [5, 5.41) is 6.05. The highest BCUT2D eigenvalue weighted by Gasteiger charge is 2.37. The molecular weight excluding hydrogens is 388 g/mol. The molecule has 3 unspecified atom stereocenters. The number of ether oxygens (including phenoxy) is 2. The second-order valence-corrected chi connectivity index (χ2v) is 7.31. The molecule has 2 amide bonds. The van der Waals surface area contributed by atoms with Gasteiger partial charge in [-0.2, -0.15) is 0 Å². The largest absolute Gasteiger partial charge is 0.433 e. The Labute approximate surface area is 175 Å². The molecule has 4 N–H and O–H groups in total. The second kappa shape index (κ2) is 10.2. The first kappa shape index (κ1) is 21.8. The van der Waals surface area contributed by atoms with E-state index in [0.717, 1.165) is 11.3 Å². The molecule has 2 aliphatic rings. The Morgan fingerprint density at radius 2 is 2.07 bits per heavy atom. The van der Waals surface area contributed by atoms with Crippen LogP contribution in [0.5, 0.6) is 0 Å². The molecule has 162 valence electrons. The molecule has 9 heteroatoms. The molecule has 0 spiro atoms. The van der Waals surface area contributed by atoms with Crippen LogP contribution in [0.2, 0.25) is 0 Å². The van der Waals surface area contributed by atoms with Crippen molar-refractivity contribution in [1.82, 2.24) is 10.2 Å². The van der Waals surface area contributed by atoms with E-state index in [1.54, 1.807) is 6.92 Å².